The van der Waals surface area contributed by atoms with Crippen LogP contribution in [0.2, 0.25) is 0 Å². The minimum Gasteiger partial charge on any atom is -0.292 e. The quantitative estimate of drug-likeness (QED) is 0.788. The summed E-state index contributed by atoms with van der Waals surface area (Å²) in [6, 6.07) is 9.11. The Morgan fingerprint density at radius 2 is 1.84 bits per heavy atom. The zero-order valence-electron chi connectivity index (χ0n) is 9.82. The van der Waals surface area contributed by atoms with Gasteiger partial charge in [-0.2, -0.15) is 0 Å². The van der Waals surface area contributed by atoms with Crippen LogP contribution in [0.15, 0.2) is 47.1 Å². The summed E-state index contributed by atoms with van der Waals surface area (Å²) in [6.45, 7) is 0. The van der Waals surface area contributed by atoms with Crippen LogP contribution in [-0.4, -0.2) is 10.8 Å². The SMILES string of the molecule is O=C(Cc1ccc(C(F)F)cc1)c1ccc(Br)cn1. The first-order valence-electron chi connectivity index (χ1n) is 5.58. The van der Waals surface area contributed by atoms with Gasteiger partial charge in [0, 0.05) is 22.7 Å². The molecule has 1 heterocycles. The second kappa shape index (κ2) is 6.02. The van der Waals surface area contributed by atoms with Crippen LogP contribution >= 0.6 is 15.9 Å². The summed E-state index contributed by atoms with van der Waals surface area (Å²) in [7, 11) is 0. The average Bonchev–Trinajstić information content (AvgIpc) is 2.40. The second-order valence-electron chi connectivity index (χ2n) is 4.00. The molecule has 2 aromatic rings. The molecule has 0 aliphatic carbocycles. The number of hydrogen-bond acceptors (Lipinski definition) is 2. The summed E-state index contributed by atoms with van der Waals surface area (Å²) in [5, 5.41) is 0. The van der Waals surface area contributed by atoms with E-state index >= 15 is 0 Å². The number of aromatic nitrogens is 1. The summed E-state index contributed by atoms with van der Waals surface area (Å²) in [5.41, 5.74) is 1.01. The fourth-order valence-electron chi connectivity index (χ4n) is 1.60. The summed E-state index contributed by atoms with van der Waals surface area (Å²) in [6.07, 6.45) is -0.788. The van der Waals surface area contributed by atoms with E-state index in [2.05, 4.69) is 20.9 Å². The molecule has 5 heteroatoms. The third-order valence-electron chi connectivity index (χ3n) is 2.61. The maximum atomic E-state index is 12.4. The van der Waals surface area contributed by atoms with Crippen molar-refractivity contribution in [3.05, 3.63) is 63.9 Å². The van der Waals surface area contributed by atoms with E-state index in [9.17, 15) is 13.6 Å². The average molecular weight is 326 g/mol. The second-order valence-corrected chi connectivity index (χ2v) is 4.92. The van der Waals surface area contributed by atoms with Gasteiger partial charge in [0.15, 0.2) is 5.78 Å². The van der Waals surface area contributed by atoms with Gasteiger partial charge >= 0.3 is 0 Å². The number of pyridine rings is 1. The molecule has 0 saturated carbocycles. The highest BCUT2D eigenvalue weighted by Crippen LogP contribution is 2.19. The van der Waals surface area contributed by atoms with Crippen molar-refractivity contribution >= 4 is 21.7 Å². The van der Waals surface area contributed by atoms with Crippen molar-refractivity contribution in [3.8, 4) is 0 Å². The fraction of sp³-hybridized carbons (Fsp3) is 0.143. The minimum absolute atomic E-state index is 0.0436. The van der Waals surface area contributed by atoms with Gasteiger partial charge in [-0.3, -0.25) is 9.78 Å². The Hall–Kier alpha value is -1.62. The molecule has 98 valence electrons. The molecule has 0 spiro atoms. The number of alkyl halides is 2. The smallest absolute Gasteiger partial charge is 0.263 e. The normalized spacial score (nSPS) is 10.7. The van der Waals surface area contributed by atoms with E-state index in [1.807, 2.05) is 0 Å². The standard InChI is InChI=1S/C14H10BrF2NO/c15-11-5-6-12(18-8-11)13(19)7-9-1-3-10(4-2-9)14(16)17/h1-6,8,14H,7H2. The highest BCUT2D eigenvalue weighted by Gasteiger charge is 2.10. The van der Waals surface area contributed by atoms with E-state index in [0.717, 1.165) is 4.47 Å². The molecule has 0 bridgehead atoms. The molecule has 2 nitrogen and oxygen atoms in total. The van der Waals surface area contributed by atoms with Gasteiger partial charge in [0.1, 0.15) is 5.69 Å². The maximum Gasteiger partial charge on any atom is 0.263 e. The zero-order valence-corrected chi connectivity index (χ0v) is 11.4. The van der Waals surface area contributed by atoms with E-state index in [1.165, 1.54) is 24.3 Å². The van der Waals surface area contributed by atoms with E-state index in [1.54, 1.807) is 18.3 Å². The third kappa shape index (κ3) is 3.67. The van der Waals surface area contributed by atoms with Crippen LogP contribution in [0.3, 0.4) is 0 Å². The number of halogens is 3. The number of nitrogens with zero attached hydrogens (tertiary/aromatic N) is 1. The van der Waals surface area contributed by atoms with Crippen LogP contribution in [0.4, 0.5) is 8.78 Å². The van der Waals surface area contributed by atoms with Gasteiger partial charge in [-0.05, 0) is 33.6 Å². The zero-order chi connectivity index (χ0) is 13.8. The Morgan fingerprint density at radius 1 is 1.16 bits per heavy atom. The van der Waals surface area contributed by atoms with Crippen LogP contribution < -0.4 is 0 Å². The van der Waals surface area contributed by atoms with Crippen LogP contribution in [0.5, 0.6) is 0 Å². The van der Waals surface area contributed by atoms with Gasteiger partial charge in [0.2, 0.25) is 0 Å². The number of rotatable bonds is 4. The lowest BCUT2D eigenvalue weighted by Gasteiger charge is -2.03. The van der Waals surface area contributed by atoms with Crippen LogP contribution in [-0.2, 0) is 6.42 Å². The Bertz CT molecular complexity index is 567. The molecular weight excluding hydrogens is 316 g/mol. The summed E-state index contributed by atoms with van der Waals surface area (Å²) in [5.74, 6) is -0.141. The predicted octanol–water partition coefficient (Wildman–Crippen LogP) is 4.21. The monoisotopic (exact) mass is 325 g/mol. The van der Waals surface area contributed by atoms with Gasteiger partial charge in [-0.15, -0.1) is 0 Å². The van der Waals surface area contributed by atoms with Gasteiger partial charge in [0.25, 0.3) is 6.43 Å². The maximum absolute atomic E-state index is 12.4. The van der Waals surface area contributed by atoms with Gasteiger partial charge in [0.05, 0.1) is 0 Å². The number of carbonyl (C=O) groups is 1. The number of hydrogen-bond donors (Lipinski definition) is 0. The first-order valence-corrected chi connectivity index (χ1v) is 6.37. The van der Waals surface area contributed by atoms with Gasteiger partial charge in [-0.1, -0.05) is 24.3 Å². The molecule has 0 N–H and O–H groups in total. The molecule has 0 atom stereocenters. The van der Waals surface area contributed by atoms with Crippen molar-refractivity contribution in [1.29, 1.82) is 0 Å². The Labute approximate surface area is 117 Å². The number of benzene rings is 1. The van der Waals surface area contributed by atoms with Crippen LogP contribution in [0, 0.1) is 0 Å². The van der Waals surface area contributed by atoms with Gasteiger partial charge < -0.3 is 0 Å². The molecule has 0 fully saturated rings. The Balaban J connectivity index is 2.08. The largest absolute Gasteiger partial charge is 0.292 e. The highest BCUT2D eigenvalue weighted by atomic mass is 79.9. The summed E-state index contributed by atoms with van der Waals surface area (Å²) in [4.78, 5) is 15.9. The lowest BCUT2D eigenvalue weighted by molar-refractivity contribution is 0.0988. The highest BCUT2D eigenvalue weighted by molar-refractivity contribution is 9.10. The van der Waals surface area contributed by atoms with Crippen LogP contribution in [0.25, 0.3) is 0 Å². The number of ketones is 1. The molecule has 0 unspecified atom stereocenters. The molecule has 0 amide bonds. The number of Topliss-reactive ketones (excluding diaryl/α,β-unsaturated/α-hetero) is 1. The molecular formula is C14H10BrF2NO. The lowest BCUT2D eigenvalue weighted by atomic mass is 10.0. The summed E-state index contributed by atoms with van der Waals surface area (Å²) >= 11 is 3.24. The van der Waals surface area contributed by atoms with Gasteiger partial charge in [-0.25, -0.2) is 8.78 Å². The van der Waals surface area contributed by atoms with E-state index in [-0.39, 0.29) is 17.8 Å². The van der Waals surface area contributed by atoms with Crippen molar-refractivity contribution in [1.82, 2.24) is 4.98 Å². The fourth-order valence-corrected chi connectivity index (χ4v) is 1.83. The minimum atomic E-state index is -2.49. The molecule has 1 aromatic carbocycles. The molecule has 0 saturated heterocycles. The molecule has 1 aromatic heterocycles. The van der Waals surface area contributed by atoms with Crippen molar-refractivity contribution in [2.45, 2.75) is 12.8 Å². The van der Waals surface area contributed by atoms with Crippen molar-refractivity contribution < 1.29 is 13.6 Å². The Morgan fingerprint density at radius 3 is 2.37 bits per heavy atom. The topological polar surface area (TPSA) is 30.0 Å². The first-order chi connectivity index (χ1) is 9.06. The molecule has 2 rings (SSSR count). The van der Waals surface area contributed by atoms with Crippen molar-refractivity contribution in [2.24, 2.45) is 0 Å². The van der Waals surface area contributed by atoms with E-state index < -0.39 is 6.43 Å². The molecule has 0 radical (unpaired) electrons. The lowest BCUT2D eigenvalue weighted by Crippen LogP contribution is -2.05. The summed E-state index contributed by atoms with van der Waals surface area (Å²) < 4.78 is 25.6. The van der Waals surface area contributed by atoms with Crippen LogP contribution in [0.1, 0.15) is 28.0 Å². The Kier molecular flexibility index (Phi) is 4.37. The van der Waals surface area contributed by atoms with E-state index in [0.29, 0.717) is 11.3 Å². The third-order valence-corrected chi connectivity index (χ3v) is 3.08. The van der Waals surface area contributed by atoms with E-state index in [4.69, 9.17) is 0 Å². The molecule has 0 aliphatic rings. The first kappa shape index (κ1) is 13.8. The van der Waals surface area contributed by atoms with Crippen molar-refractivity contribution in [3.63, 3.8) is 0 Å². The van der Waals surface area contributed by atoms with Crippen molar-refractivity contribution in [2.75, 3.05) is 0 Å². The predicted molar refractivity (Wildman–Crippen MR) is 71.4 cm³/mol. The molecule has 0 aliphatic heterocycles. The molecule has 19 heavy (non-hydrogen) atoms. The number of carbonyl (C=O) groups excluding carboxylic acids is 1.